The lowest BCUT2D eigenvalue weighted by atomic mass is 10.2. The third kappa shape index (κ3) is 3.84. The van der Waals surface area contributed by atoms with Gasteiger partial charge in [-0.2, -0.15) is 4.31 Å². The number of amides is 1. The molecule has 1 fully saturated rings. The van der Waals surface area contributed by atoms with Crippen molar-refractivity contribution in [2.24, 2.45) is 0 Å². The molecule has 0 aliphatic carbocycles. The fraction of sp³-hybridized carbons (Fsp3) is 0.538. The van der Waals surface area contributed by atoms with Crippen molar-refractivity contribution in [2.45, 2.75) is 23.5 Å². The quantitative estimate of drug-likeness (QED) is 0.797. The van der Waals surface area contributed by atoms with E-state index >= 15 is 0 Å². The Labute approximate surface area is 133 Å². The number of hydrogen-bond acceptors (Lipinski definition) is 6. The number of esters is 1. The number of methoxy groups -OCH3 is 1. The Kier molecular flexibility index (Phi) is 5.54. The van der Waals surface area contributed by atoms with Crippen molar-refractivity contribution in [1.82, 2.24) is 9.62 Å². The first-order chi connectivity index (χ1) is 10.4. The Morgan fingerprint density at radius 2 is 1.95 bits per heavy atom. The van der Waals surface area contributed by atoms with E-state index in [0.717, 1.165) is 30.6 Å². The van der Waals surface area contributed by atoms with Gasteiger partial charge in [-0.15, -0.1) is 11.3 Å². The average molecular weight is 346 g/mol. The molecule has 1 N–H and O–H groups in total. The highest BCUT2D eigenvalue weighted by Crippen LogP contribution is 2.26. The van der Waals surface area contributed by atoms with Crippen molar-refractivity contribution >= 4 is 33.2 Å². The smallest absolute Gasteiger partial charge is 0.325 e. The Bertz CT molecular complexity index is 647. The first kappa shape index (κ1) is 16.9. The maximum Gasteiger partial charge on any atom is 0.325 e. The highest BCUT2D eigenvalue weighted by atomic mass is 32.2. The van der Waals surface area contributed by atoms with Gasteiger partial charge in [-0.05, 0) is 25.0 Å². The highest BCUT2D eigenvalue weighted by Gasteiger charge is 2.28. The molecule has 122 valence electrons. The van der Waals surface area contributed by atoms with E-state index in [0.29, 0.717) is 13.1 Å². The summed E-state index contributed by atoms with van der Waals surface area (Å²) in [6, 6.07) is 2.88. The molecule has 1 amide bonds. The van der Waals surface area contributed by atoms with E-state index in [4.69, 9.17) is 0 Å². The van der Waals surface area contributed by atoms with Gasteiger partial charge >= 0.3 is 5.97 Å². The topological polar surface area (TPSA) is 92.8 Å². The number of thiophene rings is 1. The Hall–Kier alpha value is -1.45. The number of carbonyl (C=O) groups excluding carboxylic acids is 2. The first-order valence-electron chi connectivity index (χ1n) is 6.90. The molecule has 2 heterocycles. The van der Waals surface area contributed by atoms with Crippen LogP contribution in [0.3, 0.4) is 0 Å². The van der Waals surface area contributed by atoms with Gasteiger partial charge in [0.25, 0.3) is 15.9 Å². The van der Waals surface area contributed by atoms with E-state index in [9.17, 15) is 18.0 Å². The van der Waals surface area contributed by atoms with Gasteiger partial charge in [0.05, 0.1) is 12.0 Å². The third-order valence-corrected chi connectivity index (χ3v) is 6.79. The molecule has 1 aromatic rings. The lowest BCUT2D eigenvalue weighted by Gasteiger charge is -2.25. The van der Waals surface area contributed by atoms with Crippen LogP contribution >= 0.6 is 11.3 Å². The normalized spacial score (nSPS) is 16.2. The fourth-order valence-electron chi connectivity index (χ4n) is 2.13. The van der Waals surface area contributed by atoms with Crippen molar-refractivity contribution in [1.29, 1.82) is 0 Å². The molecular weight excluding hydrogens is 328 g/mol. The second kappa shape index (κ2) is 7.21. The summed E-state index contributed by atoms with van der Waals surface area (Å²) in [5.41, 5.74) is 0. The summed E-state index contributed by atoms with van der Waals surface area (Å²) in [5.74, 6) is -1.05. The Balaban J connectivity index is 2.07. The molecule has 0 saturated carbocycles. The van der Waals surface area contributed by atoms with E-state index < -0.39 is 21.9 Å². The molecule has 1 aliphatic heterocycles. The maximum absolute atomic E-state index is 12.5. The largest absolute Gasteiger partial charge is 0.468 e. The van der Waals surface area contributed by atoms with E-state index in [-0.39, 0.29) is 15.6 Å². The minimum Gasteiger partial charge on any atom is -0.468 e. The molecule has 0 radical (unpaired) electrons. The predicted octanol–water partition coefficient (Wildman–Crippen LogP) is 0.825. The van der Waals surface area contributed by atoms with Crippen molar-refractivity contribution in [3.8, 4) is 0 Å². The number of carbonyl (C=O) groups is 2. The van der Waals surface area contributed by atoms with Crippen LogP contribution in [0.5, 0.6) is 0 Å². The summed E-state index contributed by atoms with van der Waals surface area (Å²) < 4.78 is 31.0. The van der Waals surface area contributed by atoms with Crippen molar-refractivity contribution < 1.29 is 22.7 Å². The second-order valence-corrected chi connectivity index (χ2v) is 8.09. The van der Waals surface area contributed by atoms with Crippen molar-refractivity contribution in [3.63, 3.8) is 0 Å². The van der Waals surface area contributed by atoms with Crippen molar-refractivity contribution in [2.75, 3.05) is 26.7 Å². The number of sulfonamides is 1. The molecule has 2 rings (SSSR count). The van der Waals surface area contributed by atoms with Crippen LogP contribution in [-0.2, 0) is 19.6 Å². The molecular formula is C13H18N2O5S2. The van der Waals surface area contributed by atoms with E-state index in [1.807, 2.05) is 0 Å². The monoisotopic (exact) mass is 346 g/mol. The molecule has 0 spiro atoms. The van der Waals surface area contributed by atoms with Crippen LogP contribution in [0.4, 0.5) is 0 Å². The summed E-state index contributed by atoms with van der Waals surface area (Å²) in [6.45, 7) is 0.787. The molecule has 0 bridgehead atoms. The SMILES string of the molecule is COC(=O)CNC(=O)c1ccc(S(=O)(=O)N2CCCCC2)s1. The first-order valence-corrected chi connectivity index (χ1v) is 9.16. The number of nitrogens with zero attached hydrogens (tertiary/aromatic N) is 1. The van der Waals surface area contributed by atoms with Gasteiger partial charge in [0.1, 0.15) is 10.8 Å². The maximum atomic E-state index is 12.5. The van der Waals surface area contributed by atoms with Crippen molar-refractivity contribution in [3.05, 3.63) is 17.0 Å². The fourth-order valence-corrected chi connectivity index (χ4v) is 5.02. The molecule has 22 heavy (non-hydrogen) atoms. The van der Waals surface area contributed by atoms with Gasteiger partial charge in [0, 0.05) is 13.1 Å². The van der Waals surface area contributed by atoms with Crippen LogP contribution in [0.25, 0.3) is 0 Å². The number of nitrogens with one attached hydrogen (secondary N) is 1. The summed E-state index contributed by atoms with van der Waals surface area (Å²) >= 11 is 0.907. The van der Waals surface area contributed by atoms with E-state index in [2.05, 4.69) is 10.1 Å². The molecule has 0 aromatic carbocycles. The minimum absolute atomic E-state index is 0.151. The van der Waals surface area contributed by atoms with Gasteiger partial charge in [-0.1, -0.05) is 6.42 Å². The van der Waals surface area contributed by atoms with Gasteiger partial charge in [-0.3, -0.25) is 9.59 Å². The number of piperidine rings is 1. The molecule has 9 heteroatoms. The summed E-state index contributed by atoms with van der Waals surface area (Å²) in [4.78, 5) is 23.1. The molecule has 0 unspecified atom stereocenters. The van der Waals surface area contributed by atoms with Crippen LogP contribution < -0.4 is 5.32 Å². The minimum atomic E-state index is -3.53. The molecule has 1 aromatic heterocycles. The molecule has 7 nitrogen and oxygen atoms in total. The van der Waals surface area contributed by atoms with E-state index in [1.54, 1.807) is 0 Å². The number of rotatable bonds is 5. The lowest BCUT2D eigenvalue weighted by Crippen LogP contribution is -2.35. The van der Waals surface area contributed by atoms with Crippen LogP contribution in [0.15, 0.2) is 16.3 Å². The summed E-state index contributed by atoms with van der Waals surface area (Å²) in [6.07, 6.45) is 2.76. The number of ether oxygens (including phenoxy) is 1. The van der Waals surface area contributed by atoms with E-state index in [1.165, 1.54) is 23.5 Å². The summed E-state index contributed by atoms with van der Waals surface area (Å²) in [5, 5.41) is 2.38. The van der Waals surface area contributed by atoms with Gasteiger partial charge in [0.2, 0.25) is 0 Å². The van der Waals surface area contributed by atoms with Gasteiger partial charge < -0.3 is 10.1 Å². The van der Waals surface area contributed by atoms with Gasteiger partial charge in [-0.25, -0.2) is 8.42 Å². The average Bonchev–Trinajstić information content (AvgIpc) is 3.04. The molecule has 1 saturated heterocycles. The van der Waals surface area contributed by atoms with Crippen LogP contribution in [0.1, 0.15) is 28.9 Å². The summed E-state index contributed by atoms with van der Waals surface area (Å²) in [7, 11) is -2.31. The second-order valence-electron chi connectivity index (χ2n) is 4.84. The Morgan fingerprint density at radius 1 is 1.27 bits per heavy atom. The third-order valence-electron chi connectivity index (χ3n) is 3.34. The van der Waals surface area contributed by atoms with Crippen LogP contribution in [0.2, 0.25) is 0 Å². The Morgan fingerprint density at radius 3 is 2.59 bits per heavy atom. The van der Waals surface area contributed by atoms with Crippen LogP contribution in [-0.4, -0.2) is 51.3 Å². The molecule has 1 aliphatic rings. The van der Waals surface area contributed by atoms with Gasteiger partial charge in [0.15, 0.2) is 0 Å². The standard InChI is InChI=1S/C13H18N2O5S2/c1-20-11(16)9-14-13(17)10-5-6-12(21-10)22(18,19)15-7-3-2-4-8-15/h5-6H,2-4,7-9H2,1H3,(H,14,17). The molecule has 0 atom stereocenters. The predicted molar refractivity (Wildman–Crippen MR) is 81.3 cm³/mol. The zero-order valence-corrected chi connectivity index (χ0v) is 13.8. The highest BCUT2D eigenvalue weighted by molar-refractivity contribution is 7.91. The number of hydrogen-bond donors (Lipinski definition) is 1. The lowest BCUT2D eigenvalue weighted by molar-refractivity contribution is -0.139. The zero-order valence-electron chi connectivity index (χ0n) is 12.2. The zero-order chi connectivity index (χ0) is 16.2. The van der Waals surface area contributed by atoms with Crippen LogP contribution in [0, 0.1) is 0 Å².